The van der Waals surface area contributed by atoms with Gasteiger partial charge in [-0.3, -0.25) is 4.90 Å². The Morgan fingerprint density at radius 2 is 2.04 bits per heavy atom. The van der Waals surface area contributed by atoms with E-state index in [0.717, 1.165) is 52.2 Å². The van der Waals surface area contributed by atoms with Crippen LogP contribution in [0.2, 0.25) is 0 Å². The Labute approximate surface area is 138 Å². The molecule has 5 nitrogen and oxygen atoms in total. The molecule has 128 valence electrons. The van der Waals surface area contributed by atoms with Crippen LogP contribution in [0.15, 0.2) is 18.2 Å². The van der Waals surface area contributed by atoms with Crippen LogP contribution >= 0.6 is 0 Å². The molecule has 2 heterocycles. The van der Waals surface area contributed by atoms with Gasteiger partial charge in [0.2, 0.25) is 0 Å². The second kappa shape index (κ2) is 7.99. The van der Waals surface area contributed by atoms with E-state index in [9.17, 15) is 5.11 Å². The lowest BCUT2D eigenvalue weighted by atomic mass is 9.85. The highest BCUT2D eigenvalue weighted by molar-refractivity contribution is 5.43. The van der Waals surface area contributed by atoms with Crippen molar-refractivity contribution in [3.05, 3.63) is 23.8 Å². The minimum atomic E-state index is 0.224. The van der Waals surface area contributed by atoms with Crippen molar-refractivity contribution in [1.29, 1.82) is 0 Å². The van der Waals surface area contributed by atoms with Crippen LogP contribution in [0, 0.1) is 5.92 Å². The molecule has 5 heteroatoms. The molecule has 1 atom stereocenters. The zero-order valence-corrected chi connectivity index (χ0v) is 14.0. The van der Waals surface area contributed by atoms with Crippen molar-refractivity contribution in [3.63, 3.8) is 0 Å². The second-order valence-corrected chi connectivity index (χ2v) is 6.34. The van der Waals surface area contributed by atoms with E-state index in [2.05, 4.69) is 16.3 Å². The van der Waals surface area contributed by atoms with Crippen molar-refractivity contribution in [2.45, 2.75) is 25.8 Å². The number of phenols is 1. The quantitative estimate of drug-likeness (QED) is 0.871. The molecular formula is C18H28N2O3. The first-order valence-corrected chi connectivity index (χ1v) is 8.78. The van der Waals surface area contributed by atoms with Gasteiger partial charge in [-0.15, -0.1) is 0 Å². The zero-order valence-electron chi connectivity index (χ0n) is 14.0. The Morgan fingerprint density at radius 3 is 2.74 bits per heavy atom. The minimum absolute atomic E-state index is 0.224. The molecule has 2 fully saturated rings. The number of hydrogen-bond donors (Lipinski definition) is 2. The van der Waals surface area contributed by atoms with E-state index >= 15 is 0 Å². The molecule has 0 radical (unpaired) electrons. The third-order valence-electron chi connectivity index (χ3n) is 4.88. The number of rotatable bonds is 5. The lowest BCUT2D eigenvalue weighted by Gasteiger charge is -2.41. The van der Waals surface area contributed by atoms with Crippen molar-refractivity contribution in [3.8, 4) is 11.5 Å². The summed E-state index contributed by atoms with van der Waals surface area (Å²) in [6.45, 7) is 8.41. The monoisotopic (exact) mass is 320 g/mol. The normalized spacial score (nSPS) is 22.0. The Morgan fingerprint density at radius 1 is 1.30 bits per heavy atom. The Bertz CT molecular complexity index is 479. The highest BCUT2D eigenvalue weighted by atomic mass is 16.5. The van der Waals surface area contributed by atoms with Gasteiger partial charge in [0.05, 0.1) is 6.61 Å². The van der Waals surface area contributed by atoms with Crippen LogP contribution in [0.1, 0.15) is 31.4 Å². The Balaban J connectivity index is 1.88. The fourth-order valence-corrected chi connectivity index (χ4v) is 3.76. The Kier molecular flexibility index (Phi) is 5.75. The molecule has 2 saturated heterocycles. The standard InChI is InChI=1S/C18H28N2O3/c1-2-23-17-13-15(3-4-16(17)21)18(14-5-11-22-12-6-14)20-9-7-19-8-10-20/h3-4,13-14,18-19,21H,2,5-12H2,1H3/t18-/m0/s1. The number of benzene rings is 1. The number of hydrogen-bond acceptors (Lipinski definition) is 5. The number of aromatic hydroxyl groups is 1. The molecule has 1 aromatic carbocycles. The van der Waals surface area contributed by atoms with Crippen molar-refractivity contribution in [2.24, 2.45) is 5.92 Å². The number of piperazine rings is 1. The number of nitrogens with one attached hydrogen (secondary N) is 1. The number of ether oxygens (including phenoxy) is 2. The van der Waals surface area contributed by atoms with Crippen molar-refractivity contribution < 1.29 is 14.6 Å². The van der Waals surface area contributed by atoms with E-state index in [4.69, 9.17) is 9.47 Å². The molecular weight excluding hydrogens is 292 g/mol. The van der Waals surface area contributed by atoms with E-state index in [1.165, 1.54) is 5.56 Å². The predicted octanol–water partition coefficient (Wildman–Crippen LogP) is 2.16. The van der Waals surface area contributed by atoms with Gasteiger partial charge in [0.1, 0.15) is 0 Å². The first-order chi connectivity index (χ1) is 11.3. The fourth-order valence-electron chi connectivity index (χ4n) is 3.76. The van der Waals surface area contributed by atoms with E-state index < -0.39 is 0 Å². The molecule has 0 saturated carbocycles. The molecule has 3 rings (SSSR count). The largest absolute Gasteiger partial charge is 0.504 e. The van der Waals surface area contributed by atoms with E-state index in [1.807, 2.05) is 13.0 Å². The summed E-state index contributed by atoms with van der Waals surface area (Å²) in [6, 6.07) is 6.23. The molecule has 0 spiro atoms. The summed E-state index contributed by atoms with van der Waals surface area (Å²) in [4.78, 5) is 2.58. The summed E-state index contributed by atoms with van der Waals surface area (Å²) < 4.78 is 11.2. The van der Waals surface area contributed by atoms with Crippen LogP contribution in [-0.4, -0.2) is 56.0 Å². The van der Waals surface area contributed by atoms with Crippen LogP contribution < -0.4 is 10.1 Å². The molecule has 0 aromatic heterocycles. The van der Waals surface area contributed by atoms with Gasteiger partial charge in [0.25, 0.3) is 0 Å². The summed E-state index contributed by atoms with van der Waals surface area (Å²) in [5.74, 6) is 1.42. The minimum Gasteiger partial charge on any atom is -0.504 e. The molecule has 0 amide bonds. The van der Waals surface area contributed by atoms with Gasteiger partial charge in [-0.25, -0.2) is 0 Å². The van der Waals surface area contributed by atoms with Crippen molar-refractivity contribution >= 4 is 0 Å². The van der Waals surface area contributed by atoms with Crippen LogP contribution in [0.25, 0.3) is 0 Å². The van der Waals surface area contributed by atoms with Crippen LogP contribution in [-0.2, 0) is 4.74 Å². The maximum absolute atomic E-state index is 10.00. The van der Waals surface area contributed by atoms with Gasteiger partial charge in [-0.1, -0.05) is 6.07 Å². The highest BCUT2D eigenvalue weighted by Gasteiger charge is 2.31. The summed E-state index contributed by atoms with van der Waals surface area (Å²) >= 11 is 0. The average Bonchev–Trinajstić information content (AvgIpc) is 2.60. The van der Waals surface area contributed by atoms with Crippen molar-refractivity contribution in [2.75, 3.05) is 46.0 Å². The van der Waals surface area contributed by atoms with Gasteiger partial charge in [-0.05, 0) is 43.4 Å². The smallest absolute Gasteiger partial charge is 0.161 e. The zero-order chi connectivity index (χ0) is 16.1. The van der Waals surface area contributed by atoms with Crippen molar-refractivity contribution in [1.82, 2.24) is 10.2 Å². The second-order valence-electron chi connectivity index (χ2n) is 6.34. The summed E-state index contributed by atoms with van der Waals surface area (Å²) in [6.07, 6.45) is 2.19. The first kappa shape index (κ1) is 16.6. The molecule has 1 aromatic rings. The predicted molar refractivity (Wildman–Crippen MR) is 90.0 cm³/mol. The molecule has 0 aliphatic carbocycles. The van der Waals surface area contributed by atoms with Crippen LogP contribution in [0.3, 0.4) is 0 Å². The SMILES string of the molecule is CCOc1cc([C@H](C2CCOCC2)N2CCNCC2)ccc1O. The summed E-state index contributed by atoms with van der Waals surface area (Å²) in [7, 11) is 0. The Hall–Kier alpha value is -1.30. The van der Waals surface area contributed by atoms with E-state index in [0.29, 0.717) is 24.3 Å². The topological polar surface area (TPSA) is 54.0 Å². The molecule has 2 N–H and O–H groups in total. The molecule has 23 heavy (non-hydrogen) atoms. The summed E-state index contributed by atoms with van der Waals surface area (Å²) in [5, 5.41) is 13.4. The third-order valence-corrected chi connectivity index (χ3v) is 4.88. The van der Waals surface area contributed by atoms with E-state index in [1.54, 1.807) is 6.07 Å². The lowest BCUT2D eigenvalue weighted by Crippen LogP contribution is -2.47. The molecule has 2 aliphatic rings. The van der Waals surface area contributed by atoms with E-state index in [-0.39, 0.29) is 5.75 Å². The number of nitrogens with zero attached hydrogens (tertiary/aromatic N) is 1. The molecule has 2 aliphatic heterocycles. The number of phenolic OH excluding ortho intramolecular Hbond substituents is 1. The first-order valence-electron chi connectivity index (χ1n) is 8.78. The lowest BCUT2D eigenvalue weighted by molar-refractivity contribution is 0.0212. The van der Waals surface area contributed by atoms with Gasteiger partial charge >= 0.3 is 0 Å². The van der Waals surface area contributed by atoms with Gasteiger partial charge in [0, 0.05) is 45.4 Å². The highest BCUT2D eigenvalue weighted by Crippen LogP contribution is 2.38. The van der Waals surface area contributed by atoms with Gasteiger partial charge < -0.3 is 19.9 Å². The fraction of sp³-hybridized carbons (Fsp3) is 0.667. The third kappa shape index (κ3) is 3.97. The maximum Gasteiger partial charge on any atom is 0.161 e. The van der Waals surface area contributed by atoms with Gasteiger partial charge in [0.15, 0.2) is 11.5 Å². The molecule has 0 unspecified atom stereocenters. The maximum atomic E-state index is 10.00. The average molecular weight is 320 g/mol. The van der Waals surface area contributed by atoms with Gasteiger partial charge in [-0.2, -0.15) is 0 Å². The van der Waals surface area contributed by atoms with Crippen LogP contribution in [0.4, 0.5) is 0 Å². The summed E-state index contributed by atoms with van der Waals surface area (Å²) in [5.41, 5.74) is 1.25. The molecule has 0 bridgehead atoms. The van der Waals surface area contributed by atoms with Crippen LogP contribution in [0.5, 0.6) is 11.5 Å².